The molecule has 1 aromatic rings. The van der Waals surface area contributed by atoms with Crippen LogP contribution in [0.5, 0.6) is 0 Å². The van der Waals surface area contributed by atoms with Crippen molar-refractivity contribution in [1.29, 1.82) is 0 Å². The summed E-state index contributed by atoms with van der Waals surface area (Å²) < 4.78 is 4.44. The number of nitrogens with zero attached hydrogens (tertiary/aromatic N) is 2. The maximum atomic E-state index is 13.3. The van der Waals surface area contributed by atoms with E-state index in [4.69, 9.17) is 16.2 Å². The van der Waals surface area contributed by atoms with Gasteiger partial charge in [-0.15, -0.1) is 0 Å². The van der Waals surface area contributed by atoms with Crippen LogP contribution in [0.3, 0.4) is 0 Å². The number of carbonyl (C=O) groups is 3. The van der Waals surface area contributed by atoms with E-state index in [1.807, 2.05) is 6.07 Å². The molecule has 1 atom stereocenters. The average Bonchev–Trinajstić information content (AvgIpc) is 2.99. The molecule has 10 heteroatoms. The first kappa shape index (κ1) is 26.6. The number of hydrogen-bond donors (Lipinski definition) is 3. The van der Waals surface area contributed by atoms with Crippen LogP contribution in [0.2, 0.25) is 0 Å². The summed E-state index contributed by atoms with van der Waals surface area (Å²) in [5, 5.41) is 2.75. The van der Waals surface area contributed by atoms with Crippen LogP contribution in [0.25, 0.3) is 0 Å². The lowest BCUT2D eigenvalue weighted by Crippen LogP contribution is -2.52. The van der Waals surface area contributed by atoms with Gasteiger partial charge in [0.2, 0.25) is 0 Å². The fourth-order valence-corrected chi connectivity index (χ4v) is 6.69. The van der Waals surface area contributed by atoms with Crippen LogP contribution in [0, 0.1) is 0 Å². The second-order valence-corrected chi connectivity index (χ2v) is 14.8. The largest absolute Gasteiger partial charge is 0.467 e. The first-order valence-corrected chi connectivity index (χ1v) is 14.4. The van der Waals surface area contributed by atoms with Crippen LogP contribution in [-0.4, -0.2) is 71.4 Å². The van der Waals surface area contributed by atoms with Crippen molar-refractivity contribution in [3.63, 3.8) is 0 Å². The fraction of sp³-hybridized carbons (Fsp3) is 0.520. The van der Waals surface area contributed by atoms with Gasteiger partial charge in [0.25, 0.3) is 5.91 Å². The van der Waals surface area contributed by atoms with Gasteiger partial charge in [-0.3, -0.25) is 4.79 Å². The highest BCUT2D eigenvalue weighted by molar-refractivity contribution is 8.33. The Labute approximate surface area is 208 Å². The van der Waals surface area contributed by atoms with E-state index in [9.17, 15) is 14.4 Å². The van der Waals surface area contributed by atoms with E-state index in [1.54, 1.807) is 38.1 Å². The molecular weight excluding hydrogens is 466 g/mol. The molecule has 2 aliphatic rings. The highest BCUT2D eigenvalue weighted by atomic mass is 32.3. The Morgan fingerprint density at radius 3 is 2.23 bits per heavy atom. The second-order valence-electron chi connectivity index (χ2n) is 10.3. The summed E-state index contributed by atoms with van der Waals surface area (Å²) in [6.45, 7) is 3.63. The van der Waals surface area contributed by atoms with E-state index in [0.29, 0.717) is 16.8 Å². The first-order valence-electron chi connectivity index (χ1n) is 11.5. The number of benzene rings is 1. The fourth-order valence-electron chi connectivity index (χ4n) is 4.61. The molecule has 1 unspecified atom stereocenters. The number of nitrogens with one attached hydrogen (secondary N) is 1. The normalized spacial score (nSPS) is 20.6. The molecular formula is C25H37N5O4S. The molecule has 0 saturated heterocycles. The maximum Gasteiger partial charge on any atom is 0.333 e. The Morgan fingerprint density at radius 1 is 1.14 bits per heavy atom. The molecule has 5 N–H and O–H groups in total. The van der Waals surface area contributed by atoms with Gasteiger partial charge in [0.15, 0.2) is 6.04 Å². The third-order valence-electron chi connectivity index (χ3n) is 7.31. The molecule has 0 aromatic heterocycles. The van der Waals surface area contributed by atoms with Crippen molar-refractivity contribution < 1.29 is 19.1 Å². The molecule has 1 aromatic carbocycles. The number of ether oxygens (including phenoxy) is 1. The third kappa shape index (κ3) is 4.76. The second kappa shape index (κ2) is 9.56. The SMILES string of the molecule is COC(=O)C(NC(=O)N1CC(C(N)=NC(=O)C2(S(C)(C)C)CCC2)=C(N)C1(C)C)c1ccccc1. The molecule has 3 amide bonds. The Balaban J connectivity index is 1.84. The molecule has 9 nitrogen and oxygen atoms in total. The third-order valence-corrected chi connectivity index (χ3v) is 10.2. The molecule has 0 bridgehead atoms. The lowest BCUT2D eigenvalue weighted by atomic mass is 9.83. The highest BCUT2D eigenvalue weighted by Gasteiger charge is 2.51. The summed E-state index contributed by atoms with van der Waals surface area (Å²) in [6, 6.07) is 7.33. The summed E-state index contributed by atoms with van der Waals surface area (Å²) in [6.07, 6.45) is 8.99. The average molecular weight is 504 g/mol. The van der Waals surface area contributed by atoms with Gasteiger partial charge < -0.3 is 26.4 Å². The van der Waals surface area contributed by atoms with E-state index in [-0.39, 0.29) is 18.3 Å². The lowest BCUT2D eigenvalue weighted by molar-refractivity contribution is -0.143. The minimum absolute atomic E-state index is 0.0402. The zero-order chi connectivity index (χ0) is 26.2. The van der Waals surface area contributed by atoms with Crippen molar-refractivity contribution in [3.05, 3.63) is 47.2 Å². The minimum atomic E-state index is -1.19. The number of nitrogens with two attached hydrogens (primary N) is 2. The van der Waals surface area contributed by atoms with Crippen LogP contribution in [0.4, 0.5) is 4.79 Å². The van der Waals surface area contributed by atoms with Crippen LogP contribution < -0.4 is 16.8 Å². The van der Waals surface area contributed by atoms with E-state index in [1.165, 1.54) is 12.0 Å². The number of carbonyl (C=O) groups excluding carboxylic acids is 3. The summed E-state index contributed by atoms with van der Waals surface area (Å²) in [5.74, 6) is -0.761. The van der Waals surface area contributed by atoms with Gasteiger partial charge in [-0.1, -0.05) is 30.3 Å². The van der Waals surface area contributed by atoms with Gasteiger partial charge in [0.05, 0.1) is 23.9 Å². The van der Waals surface area contributed by atoms with E-state index in [2.05, 4.69) is 29.1 Å². The standard InChI is InChI=1S/C25H37N5O4S/c1-24(2)19(26)17(20(27)29-22(32)25(13-10-14-25)35(4,5)6)15-30(24)23(33)28-18(21(31)34-3)16-11-8-7-9-12-16/h7-9,11-12,18H,10,13-15,26H2,1-6H3,(H,28,33)(H2,27,29,32). The minimum Gasteiger partial charge on any atom is -0.467 e. The molecule has 3 rings (SSSR count). The summed E-state index contributed by atoms with van der Waals surface area (Å²) >= 11 is 0. The molecule has 192 valence electrons. The Morgan fingerprint density at radius 2 is 1.74 bits per heavy atom. The first-order chi connectivity index (χ1) is 16.3. The predicted octanol–water partition coefficient (Wildman–Crippen LogP) is 2.42. The number of esters is 1. The number of amides is 3. The maximum absolute atomic E-state index is 13.3. The highest BCUT2D eigenvalue weighted by Crippen LogP contribution is 2.61. The molecule has 35 heavy (non-hydrogen) atoms. The van der Waals surface area contributed by atoms with Crippen molar-refractivity contribution in [2.24, 2.45) is 16.5 Å². The van der Waals surface area contributed by atoms with Crippen molar-refractivity contribution in [2.75, 3.05) is 32.4 Å². The van der Waals surface area contributed by atoms with Crippen LogP contribution in [0.1, 0.15) is 44.7 Å². The van der Waals surface area contributed by atoms with Gasteiger partial charge in [-0.2, -0.15) is 4.99 Å². The molecule has 1 aliphatic heterocycles. The van der Waals surface area contributed by atoms with Crippen LogP contribution >= 0.6 is 10.0 Å². The van der Waals surface area contributed by atoms with Crippen LogP contribution in [0.15, 0.2) is 46.6 Å². The number of rotatable bonds is 6. The molecule has 1 fully saturated rings. The van der Waals surface area contributed by atoms with Gasteiger partial charge in [-0.25, -0.2) is 19.6 Å². The topological polar surface area (TPSA) is 140 Å². The van der Waals surface area contributed by atoms with E-state index in [0.717, 1.165) is 19.3 Å². The van der Waals surface area contributed by atoms with Crippen molar-refractivity contribution in [1.82, 2.24) is 10.2 Å². The van der Waals surface area contributed by atoms with Gasteiger partial charge in [0.1, 0.15) is 5.84 Å². The molecule has 1 aliphatic carbocycles. The van der Waals surface area contributed by atoms with E-state index < -0.39 is 38.4 Å². The van der Waals surface area contributed by atoms with Gasteiger partial charge in [-0.05, 0) is 57.4 Å². The summed E-state index contributed by atoms with van der Waals surface area (Å²) in [7, 11) is 0.0830. The number of amidine groups is 1. The van der Waals surface area contributed by atoms with Crippen molar-refractivity contribution in [2.45, 2.75) is 49.4 Å². The quantitative estimate of drug-likeness (QED) is 0.309. The Hall–Kier alpha value is -3.01. The smallest absolute Gasteiger partial charge is 0.333 e. The molecule has 0 radical (unpaired) electrons. The zero-order valence-corrected chi connectivity index (χ0v) is 22.2. The van der Waals surface area contributed by atoms with Crippen molar-refractivity contribution >= 4 is 33.8 Å². The molecule has 1 saturated carbocycles. The number of methoxy groups -OCH3 is 1. The summed E-state index contributed by atoms with van der Waals surface area (Å²) in [4.78, 5) is 44.7. The monoisotopic (exact) mass is 503 g/mol. The Kier molecular flexibility index (Phi) is 7.26. The Bertz CT molecular complexity index is 1070. The number of hydrogen-bond acceptors (Lipinski definition) is 5. The van der Waals surface area contributed by atoms with Crippen molar-refractivity contribution in [3.8, 4) is 0 Å². The number of aliphatic imine (C=N–C) groups is 1. The van der Waals surface area contributed by atoms with Gasteiger partial charge >= 0.3 is 12.0 Å². The zero-order valence-electron chi connectivity index (χ0n) is 21.4. The number of urea groups is 1. The van der Waals surface area contributed by atoms with E-state index >= 15 is 0 Å². The lowest BCUT2D eigenvalue weighted by Gasteiger charge is -2.52. The predicted molar refractivity (Wildman–Crippen MR) is 140 cm³/mol. The summed E-state index contributed by atoms with van der Waals surface area (Å²) in [5.41, 5.74) is 13.2. The van der Waals surface area contributed by atoms with Crippen LogP contribution in [-0.2, 0) is 14.3 Å². The molecule has 1 heterocycles. The van der Waals surface area contributed by atoms with Gasteiger partial charge in [0, 0.05) is 11.3 Å². The molecule has 0 spiro atoms.